The third-order valence-corrected chi connectivity index (χ3v) is 5.29. The van der Waals surface area contributed by atoms with Crippen LogP contribution in [-0.4, -0.2) is 24.5 Å². The van der Waals surface area contributed by atoms with Gasteiger partial charge in [0.25, 0.3) is 0 Å². The summed E-state index contributed by atoms with van der Waals surface area (Å²) in [4.78, 5) is 2.66. The molecule has 2 nitrogen and oxygen atoms in total. The molecule has 3 atom stereocenters. The van der Waals surface area contributed by atoms with Crippen LogP contribution in [0.4, 0.5) is 0 Å². The van der Waals surface area contributed by atoms with Gasteiger partial charge in [0.05, 0.1) is 0 Å². The SMILES string of the molecule is Cc1cccc(C)c1C(CN)N1CC2CCCC2C1. The molecule has 0 radical (unpaired) electrons. The second-order valence-electron chi connectivity index (χ2n) is 6.46. The van der Waals surface area contributed by atoms with Crippen molar-refractivity contribution in [3.63, 3.8) is 0 Å². The first-order valence-corrected chi connectivity index (χ1v) is 7.71. The summed E-state index contributed by atoms with van der Waals surface area (Å²) in [5.41, 5.74) is 10.4. The zero-order valence-electron chi connectivity index (χ0n) is 12.2. The van der Waals surface area contributed by atoms with Crippen molar-refractivity contribution < 1.29 is 0 Å². The third-order valence-electron chi connectivity index (χ3n) is 5.29. The van der Waals surface area contributed by atoms with E-state index in [1.54, 1.807) is 0 Å². The lowest BCUT2D eigenvalue weighted by atomic mass is 9.95. The number of benzene rings is 1. The van der Waals surface area contributed by atoms with Crippen LogP contribution < -0.4 is 5.73 Å². The largest absolute Gasteiger partial charge is 0.329 e. The van der Waals surface area contributed by atoms with E-state index in [1.165, 1.54) is 49.0 Å². The summed E-state index contributed by atoms with van der Waals surface area (Å²) in [5.74, 6) is 1.89. The normalized spacial score (nSPS) is 28.6. The molecule has 0 bridgehead atoms. The van der Waals surface area contributed by atoms with Crippen molar-refractivity contribution in [3.8, 4) is 0 Å². The van der Waals surface area contributed by atoms with Crippen molar-refractivity contribution >= 4 is 0 Å². The summed E-state index contributed by atoms with van der Waals surface area (Å²) in [6.45, 7) is 7.72. The summed E-state index contributed by atoms with van der Waals surface area (Å²) >= 11 is 0. The van der Waals surface area contributed by atoms with Crippen LogP contribution in [0.5, 0.6) is 0 Å². The minimum Gasteiger partial charge on any atom is -0.329 e. The van der Waals surface area contributed by atoms with E-state index in [2.05, 4.69) is 36.9 Å². The van der Waals surface area contributed by atoms with Gasteiger partial charge in [-0.3, -0.25) is 4.90 Å². The summed E-state index contributed by atoms with van der Waals surface area (Å²) < 4.78 is 0. The minimum absolute atomic E-state index is 0.423. The Bertz CT molecular complexity index is 422. The molecule has 1 heterocycles. The standard InChI is InChI=1S/C17H26N2/c1-12-5-3-6-13(2)17(12)16(9-18)19-10-14-7-4-8-15(14)11-19/h3,5-6,14-16H,4,7-11,18H2,1-2H3. The maximum absolute atomic E-state index is 6.13. The zero-order chi connectivity index (χ0) is 13.4. The number of likely N-dealkylation sites (tertiary alicyclic amines) is 1. The van der Waals surface area contributed by atoms with E-state index in [0.717, 1.165) is 18.4 Å². The first-order valence-electron chi connectivity index (χ1n) is 7.71. The molecule has 1 aliphatic carbocycles. The number of nitrogens with zero attached hydrogens (tertiary/aromatic N) is 1. The van der Waals surface area contributed by atoms with Gasteiger partial charge in [-0.1, -0.05) is 24.6 Å². The van der Waals surface area contributed by atoms with Gasteiger partial charge in [-0.15, -0.1) is 0 Å². The highest BCUT2D eigenvalue weighted by Gasteiger charge is 2.39. The van der Waals surface area contributed by atoms with Crippen molar-refractivity contribution in [2.24, 2.45) is 17.6 Å². The molecule has 1 aromatic rings. The van der Waals surface area contributed by atoms with E-state index in [1.807, 2.05) is 0 Å². The molecule has 3 rings (SSSR count). The molecule has 2 aliphatic rings. The number of hydrogen-bond donors (Lipinski definition) is 1. The molecule has 19 heavy (non-hydrogen) atoms. The molecular weight excluding hydrogens is 232 g/mol. The molecule has 3 unspecified atom stereocenters. The van der Waals surface area contributed by atoms with Gasteiger partial charge in [0, 0.05) is 25.7 Å². The van der Waals surface area contributed by atoms with Crippen molar-refractivity contribution in [3.05, 3.63) is 34.9 Å². The lowest BCUT2D eigenvalue weighted by Crippen LogP contribution is -2.33. The Morgan fingerprint density at radius 1 is 1.16 bits per heavy atom. The molecule has 1 saturated carbocycles. The van der Waals surface area contributed by atoms with Crippen molar-refractivity contribution in [1.82, 2.24) is 4.90 Å². The lowest BCUT2D eigenvalue weighted by molar-refractivity contribution is 0.230. The van der Waals surface area contributed by atoms with Gasteiger partial charge in [-0.2, -0.15) is 0 Å². The van der Waals surface area contributed by atoms with Crippen LogP contribution >= 0.6 is 0 Å². The molecule has 0 aromatic heterocycles. The summed E-state index contributed by atoms with van der Waals surface area (Å²) in [7, 11) is 0. The summed E-state index contributed by atoms with van der Waals surface area (Å²) in [6, 6.07) is 7.02. The Hall–Kier alpha value is -0.860. The molecule has 0 spiro atoms. The quantitative estimate of drug-likeness (QED) is 0.903. The first-order chi connectivity index (χ1) is 9.20. The molecule has 2 N–H and O–H groups in total. The molecule has 104 valence electrons. The monoisotopic (exact) mass is 258 g/mol. The van der Waals surface area contributed by atoms with Crippen molar-refractivity contribution in [1.29, 1.82) is 0 Å². The second kappa shape index (κ2) is 5.26. The van der Waals surface area contributed by atoms with Crippen LogP contribution in [0.15, 0.2) is 18.2 Å². The number of rotatable bonds is 3. The topological polar surface area (TPSA) is 29.3 Å². The highest BCUT2D eigenvalue weighted by molar-refractivity contribution is 5.36. The fourth-order valence-electron chi connectivity index (χ4n) is 4.33. The van der Waals surface area contributed by atoms with Gasteiger partial charge >= 0.3 is 0 Å². The summed E-state index contributed by atoms with van der Waals surface area (Å²) in [5, 5.41) is 0. The second-order valence-corrected chi connectivity index (χ2v) is 6.46. The van der Waals surface area contributed by atoms with Gasteiger partial charge < -0.3 is 5.73 Å². The Morgan fingerprint density at radius 2 is 1.74 bits per heavy atom. The molecule has 1 aromatic carbocycles. The lowest BCUT2D eigenvalue weighted by Gasteiger charge is -2.30. The first kappa shape index (κ1) is 13.1. The molecule has 2 fully saturated rings. The van der Waals surface area contributed by atoms with Crippen LogP contribution in [0, 0.1) is 25.7 Å². The maximum atomic E-state index is 6.13. The van der Waals surface area contributed by atoms with Crippen molar-refractivity contribution in [2.45, 2.75) is 39.2 Å². The Labute approximate surface area is 117 Å². The number of nitrogens with two attached hydrogens (primary N) is 1. The van der Waals surface area contributed by atoms with Gasteiger partial charge in [0.15, 0.2) is 0 Å². The predicted octanol–water partition coefficient (Wildman–Crippen LogP) is 3.04. The molecular formula is C17H26N2. The van der Waals surface area contributed by atoms with Gasteiger partial charge in [-0.05, 0) is 55.2 Å². The Morgan fingerprint density at radius 3 is 2.26 bits per heavy atom. The minimum atomic E-state index is 0.423. The average Bonchev–Trinajstić information content (AvgIpc) is 2.94. The Balaban J connectivity index is 1.85. The zero-order valence-corrected chi connectivity index (χ0v) is 12.2. The van der Waals surface area contributed by atoms with Gasteiger partial charge in [0.1, 0.15) is 0 Å². The smallest absolute Gasteiger partial charge is 0.0475 e. The third kappa shape index (κ3) is 2.32. The number of hydrogen-bond acceptors (Lipinski definition) is 2. The molecule has 0 amide bonds. The van der Waals surface area contributed by atoms with E-state index >= 15 is 0 Å². The Kier molecular flexibility index (Phi) is 3.64. The van der Waals surface area contributed by atoms with Crippen LogP contribution in [0.25, 0.3) is 0 Å². The van der Waals surface area contributed by atoms with E-state index in [0.29, 0.717) is 6.04 Å². The summed E-state index contributed by atoms with van der Waals surface area (Å²) in [6.07, 6.45) is 4.32. The predicted molar refractivity (Wildman–Crippen MR) is 80.1 cm³/mol. The van der Waals surface area contributed by atoms with Gasteiger partial charge in [0.2, 0.25) is 0 Å². The van der Waals surface area contributed by atoms with Crippen LogP contribution in [0.2, 0.25) is 0 Å². The van der Waals surface area contributed by atoms with E-state index in [-0.39, 0.29) is 0 Å². The van der Waals surface area contributed by atoms with E-state index in [9.17, 15) is 0 Å². The number of aryl methyl sites for hydroxylation is 2. The van der Waals surface area contributed by atoms with Gasteiger partial charge in [-0.25, -0.2) is 0 Å². The van der Waals surface area contributed by atoms with Crippen molar-refractivity contribution in [2.75, 3.05) is 19.6 Å². The number of fused-ring (bicyclic) bond motifs is 1. The molecule has 1 aliphatic heterocycles. The van der Waals surface area contributed by atoms with Crippen LogP contribution in [-0.2, 0) is 0 Å². The molecule has 2 heteroatoms. The highest BCUT2D eigenvalue weighted by atomic mass is 15.2. The highest BCUT2D eigenvalue weighted by Crippen LogP contribution is 2.41. The maximum Gasteiger partial charge on any atom is 0.0475 e. The fraction of sp³-hybridized carbons (Fsp3) is 0.647. The molecule has 1 saturated heterocycles. The fourth-order valence-corrected chi connectivity index (χ4v) is 4.33. The average molecular weight is 258 g/mol. The van der Waals surface area contributed by atoms with Crippen LogP contribution in [0.3, 0.4) is 0 Å². The van der Waals surface area contributed by atoms with Crippen LogP contribution in [0.1, 0.15) is 42.0 Å². The van der Waals surface area contributed by atoms with E-state index in [4.69, 9.17) is 5.73 Å². The van der Waals surface area contributed by atoms with E-state index < -0.39 is 0 Å².